The van der Waals surface area contributed by atoms with Crippen molar-refractivity contribution in [2.75, 3.05) is 0 Å². The van der Waals surface area contributed by atoms with Crippen LogP contribution in [-0.2, 0) is 18.4 Å². The molecule has 1 aliphatic carbocycles. The third kappa shape index (κ3) is 2.19. The second kappa shape index (κ2) is 4.39. The van der Waals surface area contributed by atoms with Crippen molar-refractivity contribution in [1.82, 2.24) is 0 Å². The zero-order chi connectivity index (χ0) is 13.6. The quantitative estimate of drug-likeness (QED) is 0.847. The molecule has 0 saturated heterocycles. The summed E-state index contributed by atoms with van der Waals surface area (Å²) in [5.74, 6) is -1.72. The fourth-order valence-corrected chi connectivity index (χ4v) is 2.88. The molecule has 3 rings (SSSR count). The van der Waals surface area contributed by atoms with E-state index in [1.807, 2.05) is 24.3 Å². The van der Waals surface area contributed by atoms with Crippen molar-refractivity contribution < 1.29 is 13.9 Å². The normalized spacial score (nSPS) is 16.4. The van der Waals surface area contributed by atoms with Gasteiger partial charge in [-0.25, -0.2) is 8.78 Å². The molecule has 0 saturated carbocycles. The number of hydrogen-bond acceptors (Lipinski definition) is 1. The number of fused-ring (bicyclic) bond motifs is 1. The first-order valence-corrected chi connectivity index (χ1v) is 6.72. The number of hydrogen-bond donors (Lipinski definition) is 1. The van der Waals surface area contributed by atoms with Gasteiger partial charge in [0.05, 0.1) is 5.60 Å². The summed E-state index contributed by atoms with van der Waals surface area (Å²) < 4.78 is 27.4. The SMILES string of the molecule is OC1(c2ccc(Br)cc2)Cc2cc(F)c(F)cc2C1. The van der Waals surface area contributed by atoms with E-state index in [-0.39, 0.29) is 0 Å². The van der Waals surface area contributed by atoms with Gasteiger partial charge in [-0.3, -0.25) is 0 Å². The molecule has 1 N–H and O–H groups in total. The lowest BCUT2D eigenvalue weighted by molar-refractivity contribution is 0.0482. The molecule has 1 nitrogen and oxygen atoms in total. The third-order valence-corrected chi connectivity index (χ3v) is 4.12. The van der Waals surface area contributed by atoms with Gasteiger partial charge >= 0.3 is 0 Å². The smallest absolute Gasteiger partial charge is 0.159 e. The van der Waals surface area contributed by atoms with Crippen molar-refractivity contribution in [3.63, 3.8) is 0 Å². The Morgan fingerprint density at radius 2 is 1.42 bits per heavy atom. The highest BCUT2D eigenvalue weighted by molar-refractivity contribution is 9.10. The first-order valence-electron chi connectivity index (χ1n) is 5.93. The largest absolute Gasteiger partial charge is 0.384 e. The molecule has 0 amide bonds. The van der Waals surface area contributed by atoms with E-state index >= 15 is 0 Å². The van der Waals surface area contributed by atoms with Crippen molar-refractivity contribution in [2.24, 2.45) is 0 Å². The van der Waals surface area contributed by atoms with Crippen LogP contribution in [0.4, 0.5) is 8.78 Å². The van der Waals surface area contributed by atoms with Gasteiger partial charge in [-0.1, -0.05) is 28.1 Å². The van der Waals surface area contributed by atoms with E-state index in [9.17, 15) is 13.9 Å². The summed E-state index contributed by atoms with van der Waals surface area (Å²) in [4.78, 5) is 0. The topological polar surface area (TPSA) is 20.2 Å². The molecule has 19 heavy (non-hydrogen) atoms. The van der Waals surface area contributed by atoms with Crippen LogP contribution in [0.25, 0.3) is 0 Å². The summed E-state index contributed by atoms with van der Waals surface area (Å²) in [7, 11) is 0. The Morgan fingerprint density at radius 3 is 1.89 bits per heavy atom. The van der Waals surface area contributed by atoms with Crippen LogP contribution in [0.5, 0.6) is 0 Å². The van der Waals surface area contributed by atoms with Crippen LogP contribution < -0.4 is 0 Å². The van der Waals surface area contributed by atoms with Gasteiger partial charge in [0, 0.05) is 17.3 Å². The molecule has 0 bridgehead atoms. The Labute approximate surface area is 118 Å². The highest BCUT2D eigenvalue weighted by atomic mass is 79.9. The van der Waals surface area contributed by atoms with Crippen LogP contribution in [-0.4, -0.2) is 5.11 Å². The van der Waals surface area contributed by atoms with E-state index < -0.39 is 17.2 Å². The molecule has 2 aromatic rings. The second-order valence-electron chi connectivity index (χ2n) is 4.93. The lowest BCUT2D eigenvalue weighted by atomic mass is 9.91. The minimum absolute atomic E-state index is 0.307. The van der Waals surface area contributed by atoms with Crippen molar-refractivity contribution >= 4 is 15.9 Å². The van der Waals surface area contributed by atoms with Gasteiger partial charge in [-0.15, -0.1) is 0 Å². The van der Waals surface area contributed by atoms with Crippen molar-refractivity contribution in [1.29, 1.82) is 0 Å². The molecule has 0 spiro atoms. The maximum Gasteiger partial charge on any atom is 0.159 e. The van der Waals surface area contributed by atoms with E-state index in [1.54, 1.807) is 0 Å². The molecule has 0 aliphatic heterocycles. The Kier molecular flexibility index (Phi) is 2.95. The molecule has 0 fully saturated rings. The summed E-state index contributed by atoms with van der Waals surface area (Å²) in [5.41, 5.74) is 1.02. The van der Waals surface area contributed by atoms with E-state index in [0.717, 1.165) is 10.0 Å². The summed E-state index contributed by atoms with van der Waals surface area (Å²) in [6.45, 7) is 0. The van der Waals surface area contributed by atoms with Gasteiger partial charge in [0.1, 0.15) is 0 Å². The molecule has 0 radical (unpaired) electrons. The number of benzene rings is 2. The molecular formula is C15H11BrF2O. The minimum Gasteiger partial charge on any atom is -0.384 e. The van der Waals surface area contributed by atoms with Gasteiger partial charge in [-0.05, 0) is 41.0 Å². The molecule has 98 valence electrons. The predicted molar refractivity (Wildman–Crippen MR) is 71.8 cm³/mol. The fraction of sp³-hybridized carbons (Fsp3) is 0.200. The van der Waals surface area contributed by atoms with Crippen LogP contribution in [0.1, 0.15) is 16.7 Å². The van der Waals surface area contributed by atoms with Crippen molar-refractivity contribution in [3.8, 4) is 0 Å². The third-order valence-electron chi connectivity index (χ3n) is 3.59. The average Bonchev–Trinajstić information content (AvgIpc) is 2.67. The standard InChI is InChI=1S/C15H11BrF2O/c16-12-3-1-11(2-4-12)15(19)7-9-5-13(17)14(18)6-10(9)8-15/h1-6,19H,7-8H2. The molecule has 4 heteroatoms. The maximum absolute atomic E-state index is 13.2. The zero-order valence-electron chi connectivity index (χ0n) is 9.96. The Bertz CT molecular complexity index is 606. The monoisotopic (exact) mass is 324 g/mol. The van der Waals surface area contributed by atoms with Crippen molar-refractivity contribution in [2.45, 2.75) is 18.4 Å². The minimum atomic E-state index is -1.08. The van der Waals surface area contributed by atoms with Gasteiger partial charge in [-0.2, -0.15) is 0 Å². The zero-order valence-corrected chi connectivity index (χ0v) is 11.5. The predicted octanol–water partition coefficient (Wildman–Crippen LogP) is 3.71. The van der Waals surface area contributed by atoms with Gasteiger partial charge in [0.15, 0.2) is 11.6 Å². The maximum atomic E-state index is 13.2. The van der Waals surface area contributed by atoms with Gasteiger partial charge in [0.25, 0.3) is 0 Å². The molecule has 0 heterocycles. The van der Waals surface area contributed by atoms with E-state index in [4.69, 9.17) is 0 Å². The van der Waals surface area contributed by atoms with E-state index in [2.05, 4.69) is 15.9 Å². The fourth-order valence-electron chi connectivity index (χ4n) is 2.62. The average molecular weight is 325 g/mol. The molecule has 2 aromatic carbocycles. The molecule has 1 aliphatic rings. The van der Waals surface area contributed by atoms with Gasteiger partial charge in [0.2, 0.25) is 0 Å². The molecular weight excluding hydrogens is 314 g/mol. The first kappa shape index (κ1) is 12.8. The Hall–Kier alpha value is -1.26. The van der Waals surface area contributed by atoms with Crippen LogP contribution in [0.15, 0.2) is 40.9 Å². The van der Waals surface area contributed by atoms with Gasteiger partial charge < -0.3 is 5.11 Å². The summed E-state index contributed by atoms with van der Waals surface area (Å²) in [6, 6.07) is 9.70. The van der Waals surface area contributed by atoms with Crippen LogP contribution in [0.3, 0.4) is 0 Å². The number of rotatable bonds is 1. The number of halogens is 3. The summed E-state index contributed by atoms with van der Waals surface area (Å²) >= 11 is 3.34. The van der Waals surface area contributed by atoms with Crippen LogP contribution in [0, 0.1) is 11.6 Å². The Balaban J connectivity index is 1.99. The highest BCUT2D eigenvalue weighted by Gasteiger charge is 2.37. The molecule has 0 aromatic heterocycles. The van der Waals surface area contributed by atoms with Crippen LogP contribution >= 0.6 is 15.9 Å². The van der Waals surface area contributed by atoms with E-state index in [0.29, 0.717) is 24.0 Å². The number of aliphatic hydroxyl groups is 1. The lowest BCUT2D eigenvalue weighted by Crippen LogP contribution is -2.25. The Morgan fingerprint density at radius 1 is 0.947 bits per heavy atom. The van der Waals surface area contributed by atoms with Crippen molar-refractivity contribution in [3.05, 3.63) is 69.2 Å². The summed E-state index contributed by atoms with van der Waals surface area (Å²) in [5, 5.41) is 10.7. The van der Waals surface area contributed by atoms with Crippen LogP contribution in [0.2, 0.25) is 0 Å². The second-order valence-corrected chi connectivity index (χ2v) is 5.84. The van der Waals surface area contributed by atoms with E-state index in [1.165, 1.54) is 12.1 Å². The summed E-state index contributed by atoms with van der Waals surface area (Å²) in [6.07, 6.45) is 0.613. The highest BCUT2D eigenvalue weighted by Crippen LogP contribution is 2.38. The first-order chi connectivity index (χ1) is 8.98. The lowest BCUT2D eigenvalue weighted by Gasteiger charge is -2.22. The molecule has 0 unspecified atom stereocenters. The molecule has 0 atom stereocenters.